The lowest BCUT2D eigenvalue weighted by molar-refractivity contribution is 0.185. The van der Waals surface area contributed by atoms with Gasteiger partial charge in [0, 0.05) is 6.04 Å². The van der Waals surface area contributed by atoms with Crippen LogP contribution < -0.4 is 16.6 Å². The molecule has 0 aliphatic heterocycles. The Hall–Kier alpha value is -1.70. The second kappa shape index (κ2) is 5.52. The first-order valence-corrected chi connectivity index (χ1v) is 6.18. The van der Waals surface area contributed by atoms with Crippen molar-refractivity contribution < 1.29 is 14.6 Å². The lowest BCUT2D eigenvalue weighted by atomic mass is 10.2. The summed E-state index contributed by atoms with van der Waals surface area (Å²) in [7, 11) is 0. The van der Waals surface area contributed by atoms with E-state index in [2.05, 4.69) is 10.9 Å². The Kier molecular flexibility index (Phi) is 3.98. The van der Waals surface area contributed by atoms with Crippen molar-refractivity contribution >= 4 is 23.4 Å². The number of nitrogens with one attached hydrogen (secondary N) is 2. The molecule has 19 heavy (non-hydrogen) atoms. The maximum atomic E-state index is 10.5. The number of thiocarbonyl (C=S) groups is 1. The standard InChI is InChI=1S/C12H15N3O3S/c13-9-6-12(9,15-14-11(16)17)10(19)18-7-8-4-2-1-3-5-8/h1-5,9,14-15H,6-7,13H2,(H,16,17). The number of hydrogen-bond acceptors (Lipinski definition) is 5. The summed E-state index contributed by atoms with van der Waals surface area (Å²) in [6, 6.07) is 9.33. The molecule has 1 aromatic carbocycles. The summed E-state index contributed by atoms with van der Waals surface area (Å²) in [6.45, 7) is 0.336. The van der Waals surface area contributed by atoms with E-state index in [1.165, 1.54) is 0 Å². The van der Waals surface area contributed by atoms with Crippen LogP contribution in [0.15, 0.2) is 30.3 Å². The van der Waals surface area contributed by atoms with Gasteiger partial charge in [-0.3, -0.25) is 5.43 Å². The smallest absolute Gasteiger partial charge is 0.419 e. The fourth-order valence-electron chi connectivity index (χ4n) is 1.73. The summed E-state index contributed by atoms with van der Waals surface area (Å²) < 4.78 is 5.51. The molecule has 0 saturated heterocycles. The summed E-state index contributed by atoms with van der Waals surface area (Å²) in [5.41, 5.74) is 10.7. The van der Waals surface area contributed by atoms with Gasteiger partial charge in [-0.05, 0) is 24.2 Å². The number of amides is 1. The second-order valence-electron chi connectivity index (χ2n) is 4.40. The maximum absolute atomic E-state index is 10.5. The quantitative estimate of drug-likeness (QED) is 0.470. The maximum Gasteiger partial charge on any atom is 0.419 e. The highest BCUT2D eigenvalue weighted by Crippen LogP contribution is 2.36. The molecule has 2 atom stereocenters. The van der Waals surface area contributed by atoms with Gasteiger partial charge in [-0.25, -0.2) is 10.2 Å². The first kappa shape index (κ1) is 13.7. The van der Waals surface area contributed by atoms with Crippen molar-refractivity contribution in [3.8, 4) is 0 Å². The van der Waals surface area contributed by atoms with E-state index < -0.39 is 11.6 Å². The zero-order chi connectivity index (χ0) is 13.9. The fourth-order valence-corrected chi connectivity index (χ4v) is 2.08. The van der Waals surface area contributed by atoms with Gasteiger partial charge in [0.25, 0.3) is 0 Å². The van der Waals surface area contributed by atoms with Crippen molar-refractivity contribution in [1.82, 2.24) is 10.9 Å². The summed E-state index contributed by atoms with van der Waals surface area (Å²) in [5.74, 6) is 0. The third-order valence-corrected chi connectivity index (χ3v) is 3.47. The number of rotatable bonds is 5. The topological polar surface area (TPSA) is 96.6 Å². The molecule has 1 aromatic rings. The molecule has 7 heteroatoms. The number of benzene rings is 1. The first-order valence-electron chi connectivity index (χ1n) is 5.77. The molecule has 1 aliphatic carbocycles. The SMILES string of the molecule is NC1CC1(NNC(=O)O)C(=S)OCc1ccccc1. The molecule has 1 fully saturated rings. The monoisotopic (exact) mass is 281 g/mol. The van der Waals surface area contributed by atoms with Crippen LogP contribution in [0, 0.1) is 0 Å². The highest BCUT2D eigenvalue weighted by atomic mass is 32.1. The minimum absolute atomic E-state index is 0.248. The van der Waals surface area contributed by atoms with E-state index in [-0.39, 0.29) is 11.1 Å². The van der Waals surface area contributed by atoms with Crippen LogP contribution in [0.5, 0.6) is 0 Å². The minimum Gasteiger partial charge on any atom is -0.480 e. The van der Waals surface area contributed by atoms with Crippen LogP contribution in [0.3, 0.4) is 0 Å². The highest BCUT2D eigenvalue weighted by molar-refractivity contribution is 7.80. The number of carbonyl (C=O) groups is 1. The van der Waals surface area contributed by atoms with Gasteiger partial charge in [-0.1, -0.05) is 30.3 Å². The molecule has 2 rings (SSSR count). The van der Waals surface area contributed by atoms with Gasteiger partial charge in [-0.15, -0.1) is 0 Å². The van der Waals surface area contributed by atoms with Crippen LogP contribution in [0.1, 0.15) is 12.0 Å². The molecule has 1 aliphatic rings. The summed E-state index contributed by atoms with van der Waals surface area (Å²) in [6.07, 6.45) is -0.648. The van der Waals surface area contributed by atoms with E-state index in [1.807, 2.05) is 30.3 Å². The number of ether oxygens (including phenoxy) is 1. The van der Waals surface area contributed by atoms with Crippen molar-refractivity contribution in [3.63, 3.8) is 0 Å². The Morgan fingerprint density at radius 2 is 2.16 bits per heavy atom. The molecule has 1 amide bonds. The van der Waals surface area contributed by atoms with Gasteiger partial charge in [0.2, 0.25) is 0 Å². The number of carboxylic acid groups (broad SMARTS) is 1. The van der Waals surface area contributed by atoms with Crippen LogP contribution >= 0.6 is 12.2 Å². The Balaban J connectivity index is 1.89. The zero-order valence-electron chi connectivity index (χ0n) is 10.1. The van der Waals surface area contributed by atoms with Crippen LogP contribution in [-0.2, 0) is 11.3 Å². The van der Waals surface area contributed by atoms with Crippen molar-refractivity contribution in [2.75, 3.05) is 0 Å². The van der Waals surface area contributed by atoms with Gasteiger partial charge in [0.15, 0.2) is 5.05 Å². The molecule has 6 nitrogen and oxygen atoms in total. The predicted octanol–water partition coefficient (Wildman–Crippen LogP) is 0.773. The van der Waals surface area contributed by atoms with Crippen molar-refractivity contribution in [2.24, 2.45) is 5.73 Å². The van der Waals surface area contributed by atoms with E-state index in [1.54, 1.807) is 0 Å². The van der Waals surface area contributed by atoms with Crippen molar-refractivity contribution in [1.29, 1.82) is 0 Å². The van der Waals surface area contributed by atoms with E-state index >= 15 is 0 Å². The Labute approximate surface area is 115 Å². The summed E-state index contributed by atoms with van der Waals surface area (Å²) >= 11 is 5.18. The molecule has 0 heterocycles. The second-order valence-corrected chi connectivity index (χ2v) is 4.77. The molecular weight excluding hydrogens is 266 g/mol. The molecule has 0 radical (unpaired) electrons. The van der Waals surface area contributed by atoms with Gasteiger partial charge in [0.05, 0.1) is 0 Å². The Morgan fingerprint density at radius 3 is 2.68 bits per heavy atom. The van der Waals surface area contributed by atoms with E-state index in [0.29, 0.717) is 13.0 Å². The van der Waals surface area contributed by atoms with Crippen LogP contribution in [0.4, 0.5) is 4.79 Å². The molecule has 1 saturated carbocycles. The van der Waals surface area contributed by atoms with Gasteiger partial charge >= 0.3 is 6.09 Å². The normalized spacial score (nSPS) is 24.6. The lowest BCUT2D eigenvalue weighted by Gasteiger charge is -2.19. The Bertz CT molecular complexity index is 482. The molecule has 0 spiro atoms. The van der Waals surface area contributed by atoms with Gasteiger partial charge in [-0.2, -0.15) is 0 Å². The number of hydrogen-bond donors (Lipinski definition) is 4. The van der Waals surface area contributed by atoms with E-state index in [0.717, 1.165) is 5.56 Å². The van der Waals surface area contributed by atoms with Crippen LogP contribution in [-0.4, -0.2) is 27.8 Å². The average molecular weight is 281 g/mol. The fraction of sp³-hybridized carbons (Fsp3) is 0.333. The van der Waals surface area contributed by atoms with Crippen LogP contribution in [0.2, 0.25) is 0 Å². The molecule has 102 valence electrons. The third-order valence-electron chi connectivity index (χ3n) is 2.98. The van der Waals surface area contributed by atoms with Crippen molar-refractivity contribution in [3.05, 3.63) is 35.9 Å². The van der Waals surface area contributed by atoms with Crippen LogP contribution in [0.25, 0.3) is 0 Å². The first-order chi connectivity index (χ1) is 9.04. The molecule has 5 N–H and O–H groups in total. The number of nitrogens with two attached hydrogens (primary N) is 1. The molecule has 2 unspecified atom stereocenters. The third kappa shape index (κ3) is 3.19. The Morgan fingerprint density at radius 1 is 1.53 bits per heavy atom. The van der Waals surface area contributed by atoms with Gasteiger partial charge in [0.1, 0.15) is 12.1 Å². The largest absolute Gasteiger partial charge is 0.480 e. The van der Waals surface area contributed by atoms with Gasteiger partial charge < -0.3 is 15.6 Å². The predicted molar refractivity (Wildman–Crippen MR) is 73.4 cm³/mol. The number of hydrazine groups is 1. The molecular formula is C12H15N3O3S. The van der Waals surface area contributed by atoms with E-state index in [4.69, 9.17) is 27.8 Å². The lowest BCUT2D eigenvalue weighted by Crippen LogP contribution is -2.53. The zero-order valence-corrected chi connectivity index (χ0v) is 10.9. The molecule has 0 aromatic heterocycles. The highest BCUT2D eigenvalue weighted by Gasteiger charge is 2.57. The summed E-state index contributed by atoms with van der Waals surface area (Å²) in [4.78, 5) is 10.5. The summed E-state index contributed by atoms with van der Waals surface area (Å²) in [5, 5.41) is 8.86. The van der Waals surface area contributed by atoms with Crippen molar-refractivity contribution in [2.45, 2.75) is 24.6 Å². The molecule has 0 bridgehead atoms. The average Bonchev–Trinajstić information content (AvgIpc) is 3.07. The van der Waals surface area contributed by atoms with E-state index in [9.17, 15) is 4.79 Å². The minimum atomic E-state index is -1.19.